The third-order valence-corrected chi connectivity index (χ3v) is 3.89. The Morgan fingerprint density at radius 1 is 1.33 bits per heavy atom. The molecule has 0 aromatic carbocycles. The second-order valence-corrected chi connectivity index (χ2v) is 5.19. The molecule has 3 heterocycles. The molecule has 3 rings (SSSR count). The lowest BCUT2D eigenvalue weighted by Gasteiger charge is -2.37. The van der Waals surface area contributed by atoms with Crippen molar-refractivity contribution in [2.75, 3.05) is 39.3 Å². The van der Waals surface area contributed by atoms with Gasteiger partial charge < -0.3 is 9.84 Å². The highest BCUT2D eigenvalue weighted by molar-refractivity contribution is 4.87. The first-order valence-corrected chi connectivity index (χ1v) is 6.77. The van der Waals surface area contributed by atoms with Gasteiger partial charge in [-0.15, -0.1) is 0 Å². The van der Waals surface area contributed by atoms with Crippen LogP contribution in [0.3, 0.4) is 0 Å². The Labute approximate surface area is 107 Å². The number of aryl methyl sites for hydroxylation is 1. The molecule has 1 aromatic rings. The van der Waals surface area contributed by atoms with Gasteiger partial charge in [0.15, 0.2) is 5.82 Å². The van der Waals surface area contributed by atoms with Gasteiger partial charge in [-0.1, -0.05) is 5.16 Å². The second-order valence-electron chi connectivity index (χ2n) is 5.19. The standard InChI is InChI=1S/C12H21N5O/c1-10-14-12(18-15-10)9-16-4-6-17(7-5-16)11-2-3-13-8-11/h11,13H,2-9H2,1H3. The molecule has 18 heavy (non-hydrogen) atoms. The van der Waals surface area contributed by atoms with Crippen molar-refractivity contribution in [2.24, 2.45) is 0 Å². The zero-order valence-corrected chi connectivity index (χ0v) is 10.9. The highest BCUT2D eigenvalue weighted by Gasteiger charge is 2.26. The van der Waals surface area contributed by atoms with Crippen LogP contribution in [0.5, 0.6) is 0 Å². The highest BCUT2D eigenvalue weighted by atomic mass is 16.5. The molecule has 100 valence electrons. The molecule has 2 saturated heterocycles. The molecule has 0 amide bonds. The molecule has 2 aliphatic rings. The molecule has 0 spiro atoms. The second kappa shape index (κ2) is 5.34. The van der Waals surface area contributed by atoms with Gasteiger partial charge in [0.25, 0.3) is 0 Å². The number of nitrogens with one attached hydrogen (secondary N) is 1. The summed E-state index contributed by atoms with van der Waals surface area (Å²) in [6.45, 7) is 9.47. The van der Waals surface area contributed by atoms with Crippen molar-refractivity contribution < 1.29 is 4.52 Å². The Morgan fingerprint density at radius 2 is 2.17 bits per heavy atom. The zero-order valence-electron chi connectivity index (χ0n) is 10.9. The van der Waals surface area contributed by atoms with Crippen LogP contribution in [0.2, 0.25) is 0 Å². The fourth-order valence-electron chi connectivity index (χ4n) is 2.83. The van der Waals surface area contributed by atoms with Gasteiger partial charge in [-0.05, 0) is 19.9 Å². The topological polar surface area (TPSA) is 57.4 Å². The van der Waals surface area contributed by atoms with E-state index in [-0.39, 0.29) is 0 Å². The molecule has 0 saturated carbocycles. The van der Waals surface area contributed by atoms with Gasteiger partial charge >= 0.3 is 0 Å². The minimum Gasteiger partial charge on any atom is -0.338 e. The molecule has 1 aromatic heterocycles. The van der Waals surface area contributed by atoms with Crippen LogP contribution < -0.4 is 5.32 Å². The Morgan fingerprint density at radius 3 is 2.78 bits per heavy atom. The summed E-state index contributed by atoms with van der Waals surface area (Å²) < 4.78 is 5.17. The third-order valence-electron chi connectivity index (χ3n) is 3.89. The normalized spacial score (nSPS) is 26.8. The molecule has 6 nitrogen and oxygen atoms in total. The molecule has 6 heteroatoms. The molecule has 0 radical (unpaired) electrons. The van der Waals surface area contributed by atoms with Crippen LogP contribution in [-0.2, 0) is 6.54 Å². The zero-order chi connectivity index (χ0) is 12.4. The Bertz CT molecular complexity index is 380. The van der Waals surface area contributed by atoms with Crippen LogP contribution in [0.1, 0.15) is 18.1 Å². The van der Waals surface area contributed by atoms with Gasteiger partial charge in [0, 0.05) is 38.8 Å². The van der Waals surface area contributed by atoms with E-state index in [1.807, 2.05) is 6.92 Å². The summed E-state index contributed by atoms with van der Waals surface area (Å²) in [6.07, 6.45) is 1.29. The fraction of sp³-hybridized carbons (Fsp3) is 0.833. The van der Waals surface area contributed by atoms with Crippen molar-refractivity contribution in [3.8, 4) is 0 Å². The van der Waals surface area contributed by atoms with Crippen molar-refractivity contribution in [3.05, 3.63) is 11.7 Å². The van der Waals surface area contributed by atoms with Crippen LogP contribution in [0.4, 0.5) is 0 Å². The van der Waals surface area contributed by atoms with E-state index in [4.69, 9.17) is 4.52 Å². The highest BCUT2D eigenvalue weighted by Crippen LogP contribution is 2.13. The Kier molecular flexibility index (Phi) is 3.58. The molecular formula is C12H21N5O. The van der Waals surface area contributed by atoms with Crippen LogP contribution in [-0.4, -0.2) is 65.3 Å². The Hall–Kier alpha value is -0.980. The smallest absolute Gasteiger partial charge is 0.240 e. The molecule has 0 bridgehead atoms. The quantitative estimate of drug-likeness (QED) is 0.807. The van der Waals surface area contributed by atoms with Crippen molar-refractivity contribution in [1.82, 2.24) is 25.3 Å². The maximum atomic E-state index is 5.17. The number of rotatable bonds is 3. The molecule has 2 aliphatic heterocycles. The number of nitrogens with zero attached hydrogens (tertiary/aromatic N) is 4. The summed E-state index contributed by atoms with van der Waals surface area (Å²) in [7, 11) is 0. The maximum absolute atomic E-state index is 5.17. The number of hydrogen-bond donors (Lipinski definition) is 1. The summed E-state index contributed by atoms with van der Waals surface area (Å²) in [4.78, 5) is 9.26. The summed E-state index contributed by atoms with van der Waals surface area (Å²) in [6, 6.07) is 0.748. The lowest BCUT2D eigenvalue weighted by Crippen LogP contribution is -2.50. The SMILES string of the molecule is Cc1noc(CN2CCN(C3CCNC3)CC2)n1. The Balaban J connectivity index is 1.47. The monoisotopic (exact) mass is 251 g/mol. The average Bonchev–Trinajstić information content (AvgIpc) is 3.02. The van der Waals surface area contributed by atoms with Gasteiger partial charge in [-0.2, -0.15) is 4.98 Å². The third kappa shape index (κ3) is 2.71. The van der Waals surface area contributed by atoms with E-state index in [1.165, 1.54) is 13.0 Å². The van der Waals surface area contributed by atoms with E-state index in [0.29, 0.717) is 0 Å². The minimum atomic E-state index is 0.723. The van der Waals surface area contributed by atoms with E-state index in [0.717, 1.165) is 57.0 Å². The summed E-state index contributed by atoms with van der Waals surface area (Å²) in [5.74, 6) is 1.46. The van der Waals surface area contributed by atoms with E-state index < -0.39 is 0 Å². The molecule has 0 aliphatic carbocycles. The average molecular weight is 251 g/mol. The maximum Gasteiger partial charge on any atom is 0.240 e. The van der Waals surface area contributed by atoms with Crippen molar-refractivity contribution in [2.45, 2.75) is 25.9 Å². The summed E-state index contributed by atoms with van der Waals surface area (Å²) in [5.41, 5.74) is 0. The van der Waals surface area contributed by atoms with Crippen molar-refractivity contribution in [3.63, 3.8) is 0 Å². The molecule has 1 atom stereocenters. The number of hydrogen-bond acceptors (Lipinski definition) is 6. The molecule has 2 fully saturated rings. The first-order chi connectivity index (χ1) is 8.81. The lowest BCUT2D eigenvalue weighted by molar-refractivity contribution is 0.0908. The first-order valence-electron chi connectivity index (χ1n) is 6.77. The largest absolute Gasteiger partial charge is 0.338 e. The van der Waals surface area contributed by atoms with Crippen LogP contribution in [0, 0.1) is 6.92 Å². The van der Waals surface area contributed by atoms with Crippen molar-refractivity contribution in [1.29, 1.82) is 0 Å². The summed E-state index contributed by atoms with van der Waals surface area (Å²) in [5, 5.41) is 7.26. The minimum absolute atomic E-state index is 0.723. The molecule has 1 N–H and O–H groups in total. The van der Waals surface area contributed by atoms with E-state index >= 15 is 0 Å². The van der Waals surface area contributed by atoms with E-state index in [1.54, 1.807) is 0 Å². The number of piperazine rings is 1. The van der Waals surface area contributed by atoms with Gasteiger partial charge in [-0.25, -0.2) is 0 Å². The van der Waals surface area contributed by atoms with Crippen LogP contribution >= 0.6 is 0 Å². The first kappa shape index (κ1) is 12.1. The van der Waals surface area contributed by atoms with Crippen molar-refractivity contribution >= 4 is 0 Å². The number of aromatic nitrogens is 2. The predicted molar refractivity (Wildman–Crippen MR) is 67.2 cm³/mol. The summed E-state index contributed by atoms with van der Waals surface area (Å²) >= 11 is 0. The van der Waals surface area contributed by atoms with Gasteiger partial charge in [-0.3, -0.25) is 9.80 Å². The van der Waals surface area contributed by atoms with E-state index in [2.05, 4.69) is 25.3 Å². The van der Waals surface area contributed by atoms with Crippen LogP contribution in [0.15, 0.2) is 4.52 Å². The fourth-order valence-corrected chi connectivity index (χ4v) is 2.83. The van der Waals surface area contributed by atoms with Gasteiger partial charge in [0.1, 0.15) is 0 Å². The molecular weight excluding hydrogens is 230 g/mol. The predicted octanol–water partition coefficient (Wildman–Crippen LogP) is -0.142. The van der Waals surface area contributed by atoms with Gasteiger partial charge in [0.05, 0.1) is 6.54 Å². The van der Waals surface area contributed by atoms with Gasteiger partial charge in [0.2, 0.25) is 5.89 Å². The molecule has 1 unspecified atom stereocenters. The lowest BCUT2D eigenvalue weighted by atomic mass is 10.2. The van der Waals surface area contributed by atoms with Crippen LogP contribution in [0.25, 0.3) is 0 Å². The van der Waals surface area contributed by atoms with E-state index in [9.17, 15) is 0 Å².